The van der Waals surface area contributed by atoms with Crippen molar-refractivity contribution in [2.75, 3.05) is 0 Å². The van der Waals surface area contributed by atoms with Crippen LogP contribution in [-0.4, -0.2) is 43.9 Å². The standard InChI is InChI=1S/C28H26N8O4S2/c1-35-23-10-6-5-9-21(23)31-26(35)15-30-27(37)24(13-18-7-3-2-4-8-18)36-16-19(33-34-36)17-40-20-11-12-22-25(14-20)41-28(32-22)42(29,38)39/h2-12,14,16,24H,13,15,17H2,1H3,(H,30,37)(H2,29,38,39)/t24-/m0/s1. The number of para-hydroxylation sites is 2. The monoisotopic (exact) mass is 602 g/mol. The van der Waals surface area contributed by atoms with Crippen molar-refractivity contribution in [3.63, 3.8) is 0 Å². The van der Waals surface area contributed by atoms with Crippen LogP contribution in [0.25, 0.3) is 21.3 Å². The van der Waals surface area contributed by atoms with Crippen LogP contribution in [0.5, 0.6) is 5.75 Å². The normalized spacial score (nSPS) is 12.5. The van der Waals surface area contributed by atoms with E-state index >= 15 is 0 Å². The van der Waals surface area contributed by atoms with E-state index < -0.39 is 16.1 Å². The zero-order chi connectivity index (χ0) is 29.3. The van der Waals surface area contributed by atoms with Crippen LogP contribution in [-0.2, 0) is 41.4 Å². The molecule has 0 unspecified atom stereocenters. The van der Waals surface area contributed by atoms with Crippen LogP contribution in [0, 0.1) is 0 Å². The van der Waals surface area contributed by atoms with Crippen LogP contribution in [0.1, 0.15) is 23.1 Å². The van der Waals surface area contributed by atoms with Crippen LogP contribution < -0.4 is 15.2 Å². The molecule has 0 fully saturated rings. The molecule has 0 aliphatic rings. The van der Waals surface area contributed by atoms with E-state index in [-0.39, 0.29) is 23.4 Å². The van der Waals surface area contributed by atoms with Crippen molar-refractivity contribution in [2.45, 2.75) is 30.0 Å². The zero-order valence-corrected chi connectivity index (χ0v) is 24.0. The fraction of sp³-hybridized carbons (Fsp3) is 0.179. The molecule has 0 radical (unpaired) electrons. The van der Waals surface area contributed by atoms with Crippen molar-refractivity contribution in [3.05, 3.63) is 96.1 Å². The first kappa shape index (κ1) is 27.5. The maximum atomic E-state index is 13.5. The van der Waals surface area contributed by atoms with Gasteiger partial charge in [-0.05, 0) is 35.9 Å². The van der Waals surface area contributed by atoms with Gasteiger partial charge in [-0.2, -0.15) is 0 Å². The maximum Gasteiger partial charge on any atom is 0.265 e. The Kier molecular flexibility index (Phi) is 7.41. The van der Waals surface area contributed by atoms with Gasteiger partial charge in [-0.15, -0.1) is 16.4 Å². The van der Waals surface area contributed by atoms with Crippen molar-refractivity contribution in [1.29, 1.82) is 0 Å². The molecule has 0 spiro atoms. The molecule has 0 saturated carbocycles. The molecule has 12 nitrogen and oxygen atoms in total. The first-order valence-corrected chi connectivity index (χ1v) is 15.3. The predicted octanol–water partition coefficient (Wildman–Crippen LogP) is 3.10. The summed E-state index contributed by atoms with van der Waals surface area (Å²) in [5.41, 5.74) is 3.86. The molecule has 42 heavy (non-hydrogen) atoms. The average molecular weight is 603 g/mol. The molecule has 1 atom stereocenters. The summed E-state index contributed by atoms with van der Waals surface area (Å²) >= 11 is 0.970. The van der Waals surface area contributed by atoms with E-state index in [1.807, 2.05) is 66.2 Å². The second-order valence-electron chi connectivity index (χ2n) is 9.63. The summed E-state index contributed by atoms with van der Waals surface area (Å²) in [6.45, 7) is 0.346. The maximum absolute atomic E-state index is 13.5. The Hall–Kier alpha value is -4.66. The van der Waals surface area contributed by atoms with Crippen molar-refractivity contribution >= 4 is 48.5 Å². The van der Waals surface area contributed by atoms with E-state index in [2.05, 4.69) is 25.6 Å². The third-order valence-electron chi connectivity index (χ3n) is 6.72. The predicted molar refractivity (Wildman–Crippen MR) is 157 cm³/mol. The van der Waals surface area contributed by atoms with E-state index in [4.69, 9.17) is 9.88 Å². The number of nitrogens with two attached hydrogens (primary N) is 1. The number of nitrogens with zero attached hydrogens (tertiary/aromatic N) is 6. The van der Waals surface area contributed by atoms with Crippen molar-refractivity contribution in [1.82, 2.24) is 34.8 Å². The van der Waals surface area contributed by atoms with Crippen LogP contribution in [0.15, 0.2) is 83.3 Å². The fourth-order valence-electron chi connectivity index (χ4n) is 4.57. The summed E-state index contributed by atoms with van der Waals surface area (Å²) < 4.78 is 33.1. The third kappa shape index (κ3) is 5.86. The summed E-state index contributed by atoms with van der Waals surface area (Å²) in [6, 6.07) is 21.9. The quantitative estimate of drug-likeness (QED) is 0.242. The van der Waals surface area contributed by atoms with Gasteiger partial charge in [-0.3, -0.25) is 4.79 Å². The number of hydrogen-bond donors (Lipinski definition) is 2. The summed E-state index contributed by atoms with van der Waals surface area (Å²) in [5, 5.41) is 16.7. The molecular formula is C28H26N8O4S2. The third-order valence-corrected chi connectivity index (χ3v) is 9.06. The molecule has 0 bridgehead atoms. The molecule has 1 amide bonds. The van der Waals surface area contributed by atoms with Gasteiger partial charge in [0.2, 0.25) is 10.2 Å². The first-order chi connectivity index (χ1) is 20.2. The summed E-state index contributed by atoms with van der Waals surface area (Å²) in [6.07, 6.45) is 2.10. The van der Waals surface area contributed by atoms with Gasteiger partial charge < -0.3 is 14.6 Å². The average Bonchev–Trinajstić information content (AvgIpc) is 3.71. The van der Waals surface area contributed by atoms with Crippen LogP contribution >= 0.6 is 11.3 Å². The molecular weight excluding hydrogens is 576 g/mol. The highest BCUT2D eigenvalue weighted by molar-refractivity contribution is 7.91. The van der Waals surface area contributed by atoms with E-state index in [9.17, 15) is 13.2 Å². The number of nitrogens with one attached hydrogen (secondary N) is 1. The first-order valence-electron chi connectivity index (χ1n) is 12.9. The molecule has 3 N–H and O–H groups in total. The largest absolute Gasteiger partial charge is 0.487 e. The van der Waals surface area contributed by atoms with Crippen LogP contribution in [0.4, 0.5) is 0 Å². The highest BCUT2D eigenvalue weighted by atomic mass is 32.2. The fourth-order valence-corrected chi connectivity index (χ4v) is 6.25. The molecule has 3 aromatic heterocycles. The van der Waals surface area contributed by atoms with Gasteiger partial charge in [0, 0.05) is 13.5 Å². The number of thiazole rings is 1. The smallest absolute Gasteiger partial charge is 0.265 e. The van der Waals surface area contributed by atoms with Crippen molar-refractivity contribution < 1.29 is 17.9 Å². The number of hydrogen-bond acceptors (Lipinski definition) is 9. The van der Waals surface area contributed by atoms with Gasteiger partial charge in [0.15, 0.2) is 0 Å². The molecule has 3 aromatic carbocycles. The van der Waals surface area contributed by atoms with Crippen molar-refractivity contribution in [2.24, 2.45) is 12.2 Å². The number of rotatable bonds is 10. The van der Waals surface area contributed by atoms with Crippen LogP contribution in [0.2, 0.25) is 0 Å². The second-order valence-corrected chi connectivity index (χ2v) is 12.4. The lowest BCUT2D eigenvalue weighted by molar-refractivity contribution is -0.124. The minimum atomic E-state index is -3.89. The van der Waals surface area contributed by atoms with Gasteiger partial charge in [-0.1, -0.05) is 47.7 Å². The Bertz CT molecular complexity index is 2000. The number of imidazole rings is 1. The SMILES string of the molecule is Cn1c(CNC(=O)[C@H](Cc2ccccc2)n2cc(COc3ccc4nc(S(N)(=O)=O)sc4c3)nn2)nc2ccccc21. The van der Waals surface area contributed by atoms with Gasteiger partial charge in [-0.25, -0.2) is 28.2 Å². The minimum Gasteiger partial charge on any atom is -0.487 e. The molecule has 0 aliphatic carbocycles. The molecule has 6 aromatic rings. The second kappa shape index (κ2) is 11.3. The molecule has 0 aliphatic heterocycles. The van der Waals surface area contributed by atoms with Gasteiger partial charge in [0.25, 0.3) is 10.0 Å². The number of benzene rings is 3. The zero-order valence-electron chi connectivity index (χ0n) is 22.4. The number of ether oxygens (including phenoxy) is 1. The van der Waals surface area contributed by atoms with Crippen molar-refractivity contribution in [3.8, 4) is 5.75 Å². The van der Waals surface area contributed by atoms with Crippen LogP contribution in [0.3, 0.4) is 0 Å². The van der Waals surface area contributed by atoms with Gasteiger partial charge >= 0.3 is 0 Å². The Morgan fingerprint density at radius 3 is 2.62 bits per heavy atom. The highest BCUT2D eigenvalue weighted by Gasteiger charge is 2.23. The minimum absolute atomic E-state index is 0.0892. The Morgan fingerprint density at radius 1 is 1.05 bits per heavy atom. The highest BCUT2D eigenvalue weighted by Crippen LogP contribution is 2.28. The Morgan fingerprint density at radius 2 is 1.83 bits per heavy atom. The van der Waals surface area contributed by atoms with Gasteiger partial charge in [0.05, 0.1) is 34.0 Å². The van der Waals surface area contributed by atoms with E-state index in [1.54, 1.807) is 29.1 Å². The summed E-state index contributed by atoms with van der Waals surface area (Å²) in [7, 11) is -1.96. The topological polar surface area (TPSA) is 160 Å². The number of aromatic nitrogens is 6. The summed E-state index contributed by atoms with van der Waals surface area (Å²) in [4.78, 5) is 22.2. The molecule has 14 heteroatoms. The van der Waals surface area contributed by atoms with Gasteiger partial charge in [0.1, 0.15) is 29.9 Å². The lowest BCUT2D eigenvalue weighted by Gasteiger charge is -2.17. The lowest BCUT2D eigenvalue weighted by Crippen LogP contribution is -2.34. The number of carbonyl (C=O) groups is 1. The lowest BCUT2D eigenvalue weighted by atomic mass is 10.1. The van der Waals surface area contributed by atoms with E-state index in [0.29, 0.717) is 28.1 Å². The molecule has 214 valence electrons. The number of carbonyl (C=O) groups excluding carboxylic acids is 1. The molecule has 6 rings (SSSR count). The number of aryl methyl sites for hydroxylation is 1. The van der Waals surface area contributed by atoms with E-state index in [0.717, 1.165) is 33.8 Å². The van der Waals surface area contributed by atoms with E-state index in [1.165, 1.54) is 0 Å². The Balaban J connectivity index is 1.17. The summed E-state index contributed by atoms with van der Waals surface area (Å²) in [5.74, 6) is 1.03. The molecule has 3 heterocycles. The molecule has 0 saturated heterocycles. The number of fused-ring (bicyclic) bond motifs is 2. The number of amides is 1. The Labute approximate surface area is 244 Å². The number of primary sulfonamides is 1. The number of sulfonamides is 1.